The van der Waals surface area contributed by atoms with Crippen molar-refractivity contribution >= 4 is 68.8 Å². The first-order valence-corrected chi connectivity index (χ1v) is 35.6. The molecule has 0 aromatic heterocycles. The van der Waals surface area contributed by atoms with Gasteiger partial charge in [-0.05, 0) is 96.0 Å². The van der Waals surface area contributed by atoms with Crippen molar-refractivity contribution in [2.45, 2.75) is 203 Å². The minimum Gasteiger partial charge on any atom is -0.414 e. The molecule has 1 aromatic rings. The quantitative estimate of drug-likeness (QED) is 0.0582. The number of likely N-dealkylation sites (tertiary alicyclic amines) is 1. The first-order chi connectivity index (χ1) is 27.9. The molecule has 0 N–H and O–H groups in total. The third-order valence-corrected chi connectivity index (χ3v) is 36.3. The van der Waals surface area contributed by atoms with Gasteiger partial charge in [0.1, 0.15) is 0 Å². The fraction of sp³-hybridized carbons (Fsp3) is 0.800. The maximum absolute atomic E-state index is 14.8. The number of benzene rings is 1. The number of β-lactam (4-membered cyclic amide) rings is 1. The van der Waals surface area contributed by atoms with Crippen molar-refractivity contribution in [1.29, 1.82) is 0 Å². The molecule has 0 saturated carbocycles. The molecular formula is C45H85NO6S2Si4. The molecule has 2 aliphatic rings. The maximum Gasteiger partial charge on any atom is 0.255 e. The van der Waals surface area contributed by atoms with Crippen LogP contribution in [0.25, 0.3) is 6.08 Å². The first-order valence-electron chi connectivity index (χ1n) is 23.4. The number of rotatable bonds is 29. The van der Waals surface area contributed by atoms with Gasteiger partial charge in [0.2, 0.25) is 0 Å². The van der Waals surface area contributed by atoms with Gasteiger partial charge in [-0.15, -0.1) is 23.5 Å². The summed E-state index contributed by atoms with van der Waals surface area (Å²) >= 11 is 4.02. The molecule has 334 valence electrons. The van der Waals surface area contributed by atoms with Crippen LogP contribution in [0.1, 0.15) is 95.1 Å². The molecule has 3 rings (SSSR count). The van der Waals surface area contributed by atoms with Gasteiger partial charge in [-0.2, -0.15) is 0 Å². The topological polar surface area (TPSA) is 66.5 Å². The summed E-state index contributed by atoms with van der Waals surface area (Å²) in [6.45, 7) is 28.5. The van der Waals surface area contributed by atoms with E-state index >= 15 is 0 Å². The van der Waals surface area contributed by atoms with Crippen molar-refractivity contribution in [3.8, 4) is 0 Å². The Balaban J connectivity index is 2.46. The standard InChI is InChI=1S/C45H85NO6S2Si4/c1-14-55(15-2,16-3)49-36-39(50-56(17-4,18-5)19-6)42(51-57(20-7,21-8)22-9)43(52-58(23-10,24-11)25-12)40(45-53-34-29-35-54-45)46-38(41(48-13)44(46)47)33-32-37-30-27-26-28-31-37/h26-28,30-33,38-43,45H,14-25,29,34-36H2,1-13H3/b33-32+/t38-,39+,40+,41+,42+,43+/m0/s1. The van der Waals surface area contributed by atoms with Gasteiger partial charge in [-0.1, -0.05) is 126 Å². The molecule has 13 heteroatoms. The average molecular weight is 913 g/mol. The highest BCUT2D eigenvalue weighted by molar-refractivity contribution is 8.17. The molecule has 2 aliphatic heterocycles. The lowest BCUT2D eigenvalue weighted by atomic mass is 9.90. The number of carbonyl (C=O) groups excluding carboxylic acids is 1. The predicted molar refractivity (Wildman–Crippen MR) is 263 cm³/mol. The Morgan fingerprint density at radius 1 is 0.655 bits per heavy atom. The molecule has 58 heavy (non-hydrogen) atoms. The number of carbonyl (C=O) groups is 1. The average Bonchev–Trinajstić information content (AvgIpc) is 3.28. The van der Waals surface area contributed by atoms with E-state index in [2.05, 4.69) is 124 Å². The van der Waals surface area contributed by atoms with Crippen molar-refractivity contribution in [2.24, 2.45) is 0 Å². The van der Waals surface area contributed by atoms with Crippen LogP contribution in [-0.2, 0) is 27.2 Å². The summed E-state index contributed by atoms with van der Waals surface area (Å²) in [5.41, 5.74) is 1.11. The van der Waals surface area contributed by atoms with Gasteiger partial charge in [-0.3, -0.25) is 4.79 Å². The van der Waals surface area contributed by atoms with Crippen LogP contribution in [-0.4, -0.2) is 110 Å². The molecule has 2 fully saturated rings. The van der Waals surface area contributed by atoms with Gasteiger partial charge in [0.25, 0.3) is 5.91 Å². The van der Waals surface area contributed by atoms with Crippen molar-refractivity contribution in [3.05, 3.63) is 42.0 Å². The summed E-state index contributed by atoms with van der Waals surface area (Å²) in [5, 5.41) is 0. The van der Waals surface area contributed by atoms with Crippen LogP contribution in [0, 0.1) is 0 Å². The molecule has 7 nitrogen and oxygen atoms in total. The summed E-state index contributed by atoms with van der Waals surface area (Å²) < 4.78 is 37.5. The molecule has 2 saturated heterocycles. The zero-order valence-corrected chi connectivity index (χ0v) is 44.7. The van der Waals surface area contributed by atoms with Gasteiger partial charge in [0.15, 0.2) is 39.4 Å². The normalized spacial score (nSPS) is 21.0. The summed E-state index contributed by atoms with van der Waals surface area (Å²) in [6, 6.07) is 22.5. The van der Waals surface area contributed by atoms with E-state index in [4.69, 9.17) is 22.4 Å². The van der Waals surface area contributed by atoms with E-state index in [1.165, 1.54) is 6.42 Å². The lowest BCUT2D eigenvalue weighted by Gasteiger charge is -2.56. The SMILES string of the molecule is CC[Si](CC)(CC)OC[C@@H](O[Si](CC)(CC)CC)[C@@H](O[Si](CC)(CC)CC)[C@H](O[Si](CC)(CC)CC)[C@H](C1SCCCS1)N1C(=O)[C@H](OC)[C@@H]1/C=C/c1ccccc1. The van der Waals surface area contributed by atoms with E-state index in [9.17, 15) is 4.79 Å². The smallest absolute Gasteiger partial charge is 0.255 e. The highest BCUT2D eigenvalue weighted by Crippen LogP contribution is 2.45. The maximum atomic E-state index is 14.8. The van der Waals surface area contributed by atoms with Crippen molar-refractivity contribution in [1.82, 2.24) is 4.90 Å². The number of hydrogen-bond donors (Lipinski definition) is 0. The summed E-state index contributed by atoms with van der Waals surface area (Å²) in [6.07, 6.45) is 3.95. The number of thioether (sulfide) groups is 2. The second-order valence-electron chi connectivity index (χ2n) is 16.7. The van der Waals surface area contributed by atoms with Crippen LogP contribution < -0.4 is 0 Å². The van der Waals surface area contributed by atoms with Gasteiger partial charge < -0.3 is 27.3 Å². The van der Waals surface area contributed by atoms with Gasteiger partial charge in [0.05, 0.1) is 41.6 Å². The molecule has 0 unspecified atom stereocenters. The molecule has 2 heterocycles. The molecule has 0 spiro atoms. The number of methoxy groups -OCH3 is 1. The van der Waals surface area contributed by atoms with Crippen molar-refractivity contribution in [2.75, 3.05) is 25.2 Å². The minimum absolute atomic E-state index is 0.0542. The molecule has 1 amide bonds. The van der Waals surface area contributed by atoms with Crippen LogP contribution in [0.5, 0.6) is 0 Å². The predicted octanol–water partition coefficient (Wildman–Crippen LogP) is 12.7. The van der Waals surface area contributed by atoms with Crippen LogP contribution >= 0.6 is 23.5 Å². The Hall–Kier alpha value is -0.202. The second kappa shape index (κ2) is 25.2. The lowest BCUT2D eigenvalue weighted by Crippen LogP contribution is -2.74. The molecule has 0 bridgehead atoms. The van der Waals surface area contributed by atoms with E-state index < -0.39 is 39.4 Å². The molecule has 1 aromatic carbocycles. The van der Waals surface area contributed by atoms with Gasteiger partial charge in [-0.25, -0.2) is 0 Å². The monoisotopic (exact) mass is 911 g/mol. The molecule has 0 aliphatic carbocycles. The summed E-state index contributed by atoms with van der Waals surface area (Å²) in [7, 11) is -7.11. The summed E-state index contributed by atoms with van der Waals surface area (Å²) in [5.74, 6) is 2.19. The van der Waals surface area contributed by atoms with Crippen LogP contribution in [0.4, 0.5) is 0 Å². The Morgan fingerprint density at radius 2 is 1.10 bits per heavy atom. The fourth-order valence-corrected chi connectivity index (χ4v) is 23.7. The van der Waals surface area contributed by atoms with E-state index in [0.29, 0.717) is 6.61 Å². The Kier molecular flexibility index (Phi) is 22.6. The second-order valence-corrected chi connectivity index (χ2v) is 38.5. The zero-order chi connectivity index (χ0) is 43.0. The lowest BCUT2D eigenvalue weighted by molar-refractivity contribution is -0.178. The van der Waals surface area contributed by atoms with E-state index in [0.717, 1.165) is 89.6 Å². The Morgan fingerprint density at radius 3 is 1.55 bits per heavy atom. The first kappa shape index (κ1) is 52.1. The molecular weight excluding hydrogens is 827 g/mol. The molecule has 6 atom stereocenters. The van der Waals surface area contributed by atoms with Crippen LogP contribution in [0.15, 0.2) is 36.4 Å². The van der Waals surface area contributed by atoms with Crippen LogP contribution in [0.2, 0.25) is 72.5 Å². The van der Waals surface area contributed by atoms with Crippen molar-refractivity contribution < 1.29 is 27.2 Å². The van der Waals surface area contributed by atoms with Crippen molar-refractivity contribution in [3.63, 3.8) is 0 Å². The molecule has 0 radical (unpaired) electrons. The fourth-order valence-electron chi connectivity index (χ4n) is 9.30. The zero-order valence-electron chi connectivity index (χ0n) is 39.1. The van der Waals surface area contributed by atoms with Gasteiger partial charge in [0, 0.05) is 7.11 Å². The van der Waals surface area contributed by atoms with Crippen LogP contribution in [0.3, 0.4) is 0 Å². The number of amides is 1. The van der Waals surface area contributed by atoms with E-state index in [1.807, 2.05) is 29.6 Å². The van der Waals surface area contributed by atoms with E-state index in [-0.39, 0.29) is 40.9 Å². The summed E-state index contributed by atoms with van der Waals surface area (Å²) in [4.78, 5) is 17.0. The van der Waals surface area contributed by atoms with Gasteiger partial charge >= 0.3 is 0 Å². The van der Waals surface area contributed by atoms with E-state index in [1.54, 1.807) is 7.11 Å². The number of hydrogen-bond acceptors (Lipinski definition) is 8. The third-order valence-electron chi connectivity index (χ3n) is 14.6. The highest BCUT2D eigenvalue weighted by atomic mass is 32.2. The Labute approximate surface area is 369 Å². The minimum atomic E-state index is -2.31. The number of nitrogens with zero attached hydrogens (tertiary/aromatic N) is 1. The highest BCUT2D eigenvalue weighted by Gasteiger charge is 2.58. The Bertz CT molecular complexity index is 1310. The third kappa shape index (κ3) is 12.5. The number of ether oxygens (including phenoxy) is 1. The largest absolute Gasteiger partial charge is 0.414 e.